The van der Waals surface area contributed by atoms with Gasteiger partial charge in [-0.25, -0.2) is 0 Å². The van der Waals surface area contributed by atoms with Crippen molar-refractivity contribution < 1.29 is 14.7 Å². The van der Waals surface area contributed by atoms with E-state index in [-0.39, 0.29) is 12.3 Å². The third-order valence-electron chi connectivity index (χ3n) is 3.67. The summed E-state index contributed by atoms with van der Waals surface area (Å²) in [5, 5.41) is 11.9. The van der Waals surface area contributed by atoms with Crippen LogP contribution in [0.2, 0.25) is 0 Å². The lowest BCUT2D eigenvalue weighted by Gasteiger charge is -2.36. The minimum Gasteiger partial charge on any atom is -0.481 e. The van der Waals surface area contributed by atoms with Crippen molar-refractivity contribution in [1.29, 1.82) is 0 Å². The van der Waals surface area contributed by atoms with E-state index in [4.69, 9.17) is 5.11 Å². The lowest BCUT2D eigenvalue weighted by molar-refractivity contribution is -0.157. The first kappa shape index (κ1) is 14.1. The van der Waals surface area contributed by atoms with Crippen molar-refractivity contribution in [1.82, 2.24) is 5.32 Å². The number of hydrogen-bond acceptors (Lipinski definition) is 2. The molecule has 0 aliphatic heterocycles. The maximum absolute atomic E-state index is 11.8. The zero-order valence-electron chi connectivity index (χ0n) is 10.5. The Hall–Kier alpha value is -1.36. The van der Waals surface area contributed by atoms with Crippen LogP contribution in [0.1, 0.15) is 31.2 Å². The van der Waals surface area contributed by atoms with Crippen LogP contribution in [0.4, 0.5) is 0 Å². The molecule has 1 aromatic rings. The Morgan fingerprint density at radius 2 is 1.89 bits per heavy atom. The second-order valence-electron chi connectivity index (χ2n) is 5.02. The Morgan fingerprint density at radius 3 is 2.37 bits per heavy atom. The van der Waals surface area contributed by atoms with Gasteiger partial charge >= 0.3 is 5.97 Å². The number of carboxylic acid groups (broad SMARTS) is 1. The summed E-state index contributed by atoms with van der Waals surface area (Å²) in [5.74, 6) is -1.04. The molecule has 0 heterocycles. The highest BCUT2D eigenvalue weighted by atomic mass is 79.9. The normalized spacial score (nSPS) is 16.5. The second-order valence-corrected chi connectivity index (χ2v) is 5.93. The number of carbonyl (C=O) groups excluding carboxylic acids is 1. The lowest BCUT2D eigenvalue weighted by Crippen LogP contribution is -2.42. The fourth-order valence-electron chi connectivity index (χ4n) is 2.24. The molecule has 5 heteroatoms. The summed E-state index contributed by atoms with van der Waals surface area (Å²) in [6, 6.07) is 7.65. The van der Waals surface area contributed by atoms with Crippen molar-refractivity contribution in [2.45, 2.75) is 32.2 Å². The highest BCUT2D eigenvalue weighted by molar-refractivity contribution is 9.10. The van der Waals surface area contributed by atoms with Crippen molar-refractivity contribution >= 4 is 27.8 Å². The first-order valence-electron chi connectivity index (χ1n) is 6.26. The number of amides is 1. The summed E-state index contributed by atoms with van der Waals surface area (Å²) < 4.78 is 0.988. The van der Waals surface area contributed by atoms with Gasteiger partial charge in [-0.15, -0.1) is 0 Å². The van der Waals surface area contributed by atoms with Crippen LogP contribution in [-0.4, -0.2) is 17.0 Å². The molecule has 102 valence electrons. The monoisotopic (exact) mass is 325 g/mol. The Balaban J connectivity index is 1.85. The third-order valence-corrected chi connectivity index (χ3v) is 4.19. The van der Waals surface area contributed by atoms with Gasteiger partial charge in [-0.2, -0.15) is 0 Å². The molecule has 4 nitrogen and oxygen atoms in total. The third kappa shape index (κ3) is 3.35. The van der Waals surface area contributed by atoms with Crippen molar-refractivity contribution in [2.24, 2.45) is 5.41 Å². The highest BCUT2D eigenvalue weighted by Crippen LogP contribution is 2.44. The van der Waals surface area contributed by atoms with E-state index in [0.29, 0.717) is 19.4 Å². The molecule has 0 saturated heterocycles. The molecule has 0 bridgehead atoms. The summed E-state index contributed by atoms with van der Waals surface area (Å²) >= 11 is 3.35. The maximum atomic E-state index is 11.8. The maximum Gasteiger partial charge on any atom is 0.310 e. The standard InChI is InChI=1S/C14H16BrNO3/c15-11-4-2-10(3-5-11)9-16-12(17)8-14(13(18)19)6-1-7-14/h2-5H,1,6-9H2,(H,16,17)(H,18,19). The zero-order chi connectivity index (χ0) is 13.9. The first-order valence-corrected chi connectivity index (χ1v) is 7.06. The van der Waals surface area contributed by atoms with Crippen LogP contribution >= 0.6 is 15.9 Å². The highest BCUT2D eigenvalue weighted by Gasteiger charge is 2.45. The van der Waals surface area contributed by atoms with E-state index in [1.54, 1.807) is 0 Å². The van der Waals surface area contributed by atoms with Gasteiger partial charge in [0, 0.05) is 17.4 Å². The Labute approximate surface area is 120 Å². The van der Waals surface area contributed by atoms with Crippen molar-refractivity contribution in [2.75, 3.05) is 0 Å². The van der Waals surface area contributed by atoms with Crippen molar-refractivity contribution in [3.63, 3.8) is 0 Å². The van der Waals surface area contributed by atoms with Crippen molar-refractivity contribution in [3.8, 4) is 0 Å². The molecule has 19 heavy (non-hydrogen) atoms. The molecule has 1 amide bonds. The number of hydrogen-bond donors (Lipinski definition) is 2. The smallest absolute Gasteiger partial charge is 0.310 e. The predicted octanol–water partition coefficient (Wildman–Crippen LogP) is 2.71. The number of nitrogens with one attached hydrogen (secondary N) is 1. The molecule has 0 radical (unpaired) electrons. The minimum absolute atomic E-state index is 0.0822. The SMILES string of the molecule is O=C(CC1(C(=O)O)CCC1)NCc1ccc(Br)cc1. The molecule has 2 rings (SSSR count). The Morgan fingerprint density at radius 1 is 1.26 bits per heavy atom. The zero-order valence-corrected chi connectivity index (χ0v) is 12.1. The molecule has 1 aliphatic carbocycles. The number of aliphatic carboxylic acids is 1. The molecule has 1 aliphatic rings. The minimum atomic E-state index is -0.849. The van der Waals surface area contributed by atoms with Crippen LogP contribution in [0, 0.1) is 5.41 Å². The van der Waals surface area contributed by atoms with Crippen LogP contribution in [-0.2, 0) is 16.1 Å². The largest absolute Gasteiger partial charge is 0.481 e. The van der Waals surface area contributed by atoms with Gasteiger partial charge in [0.1, 0.15) is 0 Å². The van der Waals surface area contributed by atoms with E-state index in [9.17, 15) is 9.59 Å². The van der Waals surface area contributed by atoms with Gasteiger partial charge < -0.3 is 10.4 Å². The number of halogens is 1. The van der Waals surface area contributed by atoms with E-state index >= 15 is 0 Å². The summed E-state index contributed by atoms with van der Waals surface area (Å²) in [7, 11) is 0. The molecule has 1 saturated carbocycles. The van der Waals surface area contributed by atoms with Gasteiger partial charge in [0.15, 0.2) is 0 Å². The van der Waals surface area contributed by atoms with E-state index in [0.717, 1.165) is 16.5 Å². The number of carbonyl (C=O) groups is 2. The molecule has 0 unspecified atom stereocenters. The van der Waals surface area contributed by atoms with Crippen molar-refractivity contribution in [3.05, 3.63) is 34.3 Å². The van der Waals surface area contributed by atoms with Crippen LogP contribution in [0.5, 0.6) is 0 Å². The molecule has 0 aromatic heterocycles. The van der Waals surface area contributed by atoms with Crippen LogP contribution in [0.25, 0.3) is 0 Å². The number of benzene rings is 1. The van der Waals surface area contributed by atoms with Gasteiger partial charge in [0.05, 0.1) is 5.41 Å². The lowest BCUT2D eigenvalue weighted by atomic mass is 9.66. The average molecular weight is 326 g/mol. The quantitative estimate of drug-likeness (QED) is 0.874. The fourth-order valence-corrected chi connectivity index (χ4v) is 2.51. The fraction of sp³-hybridized carbons (Fsp3) is 0.429. The molecular weight excluding hydrogens is 310 g/mol. The number of carboxylic acids is 1. The van der Waals surface area contributed by atoms with E-state index < -0.39 is 11.4 Å². The van der Waals surface area contributed by atoms with Crippen LogP contribution in [0.15, 0.2) is 28.7 Å². The predicted molar refractivity (Wildman–Crippen MR) is 74.5 cm³/mol. The summed E-state index contributed by atoms with van der Waals surface area (Å²) in [4.78, 5) is 23.0. The van der Waals surface area contributed by atoms with E-state index in [1.807, 2.05) is 24.3 Å². The molecule has 1 aromatic carbocycles. The van der Waals surface area contributed by atoms with Gasteiger partial charge in [-0.05, 0) is 30.5 Å². The van der Waals surface area contributed by atoms with Crippen LogP contribution in [0.3, 0.4) is 0 Å². The first-order chi connectivity index (χ1) is 9.02. The molecule has 0 atom stereocenters. The van der Waals surface area contributed by atoms with Gasteiger partial charge in [-0.1, -0.05) is 34.5 Å². The number of rotatable bonds is 5. The molecule has 0 spiro atoms. The Kier molecular flexibility index (Phi) is 4.24. The van der Waals surface area contributed by atoms with Gasteiger partial charge in [0.2, 0.25) is 5.91 Å². The average Bonchev–Trinajstić information content (AvgIpc) is 2.32. The second kappa shape index (κ2) is 5.74. The summed E-state index contributed by atoms with van der Waals surface area (Å²) in [6.45, 7) is 0.432. The van der Waals surface area contributed by atoms with Gasteiger partial charge in [0.25, 0.3) is 0 Å². The topological polar surface area (TPSA) is 66.4 Å². The molecular formula is C14H16BrNO3. The van der Waals surface area contributed by atoms with E-state index in [2.05, 4.69) is 21.2 Å². The van der Waals surface area contributed by atoms with E-state index in [1.165, 1.54) is 0 Å². The molecule has 2 N–H and O–H groups in total. The molecule has 1 fully saturated rings. The van der Waals surface area contributed by atoms with Crippen LogP contribution < -0.4 is 5.32 Å². The summed E-state index contributed by atoms with van der Waals surface area (Å²) in [6.07, 6.45) is 2.19. The summed E-state index contributed by atoms with van der Waals surface area (Å²) in [5.41, 5.74) is 0.179. The Bertz CT molecular complexity index is 480. The van der Waals surface area contributed by atoms with Gasteiger partial charge in [-0.3, -0.25) is 9.59 Å².